The Bertz CT molecular complexity index is 632. The highest BCUT2D eigenvalue weighted by molar-refractivity contribution is 14.1. The Balaban J connectivity index is 2.69. The van der Waals surface area contributed by atoms with Crippen LogP contribution < -0.4 is 5.56 Å². The van der Waals surface area contributed by atoms with Crippen LogP contribution in [0.2, 0.25) is 0 Å². The predicted molar refractivity (Wildman–Crippen MR) is 74.9 cm³/mol. The van der Waals surface area contributed by atoms with E-state index in [0.717, 1.165) is 11.3 Å². The summed E-state index contributed by atoms with van der Waals surface area (Å²) in [5, 5.41) is 0. The third kappa shape index (κ3) is 2.31. The lowest BCUT2D eigenvalue weighted by molar-refractivity contribution is 0.112. The fourth-order valence-corrected chi connectivity index (χ4v) is 2.14. The molecule has 4 heteroatoms. The van der Waals surface area contributed by atoms with E-state index in [1.165, 1.54) is 4.57 Å². The Morgan fingerprint density at radius 2 is 2.06 bits per heavy atom. The minimum absolute atomic E-state index is 0.203. The molecule has 0 fully saturated rings. The molecule has 0 atom stereocenters. The lowest BCUT2D eigenvalue weighted by Gasteiger charge is -2.07. The highest BCUT2D eigenvalue weighted by Crippen LogP contribution is 2.11. The van der Waals surface area contributed by atoms with Crippen molar-refractivity contribution < 1.29 is 4.79 Å². The topological polar surface area (TPSA) is 39.1 Å². The zero-order chi connectivity index (χ0) is 12.4. The van der Waals surface area contributed by atoms with Crippen molar-refractivity contribution in [2.75, 3.05) is 0 Å². The van der Waals surface area contributed by atoms with Gasteiger partial charge in [-0.05, 0) is 53.3 Å². The molecule has 17 heavy (non-hydrogen) atoms. The maximum absolute atomic E-state index is 12.1. The van der Waals surface area contributed by atoms with E-state index in [9.17, 15) is 9.59 Å². The van der Waals surface area contributed by atoms with Crippen molar-refractivity contribution in [3.05, 3.63) is 61.6 Å². The molecule has 1 heterocycles. The molecule has 0 N–H and O–H groups in total. The van der Waals surface area contributed by atoms with Gasteiger partial charge >= 0.3 is 0 Å². The van der Waals surface area contributed by atoms with Crippen molar-refractivity contribution in [2.45, 2.75) is 6.92 Å². The van der Waals surface area contributed by atoms with E-state index in [4.69, 9.17) is 0 Å². The third-order valence-corrected chi connectivity index (χ3v) is 3.41. The molecule has 1 aromatic heterocycles. The quantitative estimate of drug-likeness (QED) is 0.623. The molecule has 0 aliphatic carbocycles. The second-order valence-corrected chi connectivity index (χ2v) is 4.87. The largest absolute Gasteiger partial charge is 0.298 e. The Kier molecular flexibility index (Phi) is 3.42. The van der Waals surface area contributed by atoms with Gasteiger partial charge in [0, 0.05) is 15.5 Å². The number of aryl methyl sites for hydroxylation is 1. The molecule has 0 amide bonds. The fraction of sp³-hybridized carbons (Fsp3) is 0.0769. The molecule has 0 radical (unpaired) electrons. The molecule has 0 saturated heterocycles. The van der Waals surface area contributed by atoms with Crippen molar-refractivity contribution in [3.8, 4) is 5.69 Å². The van der Waals surface area contributed by atoms with Gasteiger partial charge in [-0.3, -0.25) is 14.2 Å². The number of hydrogen-bond acceptors (Lipinski definition) is 2. The van der Waals surface area contributed by atoms with E-state index in [2.05, 4.69) is 0 Å². The predicted octanol–water partition coefficient (Wildman–Crippen LogP) is 2.56. The molecule has 2 rings (SSSR count). The summed E-state index contributed by atoms with van der Waals surface area (Å²) in [6.45, 7) is 1.96. The van der Waals surface area contributed by atoms with Gasteiger partial charge in [-0.2, -0.15) is 0 Å². The number of hydrogen-bond donors (Lipinski definition) is 0. The number of halogens is 1. The Morgan fingerprint density at radius 3 is 2.71 bits per heavy atom. The summed E-state index contributed by atoms with van der Waals surface area (Å²) in [5.74, 6) is 0. The van der Waals surface area contributed by atoms with Crippen molar-refractivity contribution in [3.63, 3.8) is 0 Å². The first-order valence-electron chi connectivity index (χ1n) is 5.07. The van der Waals surface area contributed by atoms with Crippen LogP contribution >= 0.6 is 22.6 Å². The van der Waals surface area contributed by atoms with E-state index in [1.807, 2.05) is 53.8 Å². The minimum atomic E-state index is -0.280. The number of benzene rings is 1. The number of carbonyl (C=O) groups is 1. The molecule has 86 valence electrons. The van der Waals surface area contributed by atoms with Gasteiger partial charge < -0.3 is 0 Å². The van der Waals surface area contributed by atoms with E-state index in [1.54, 1.807) is 12.3 Å². The van der Waals surface area contributed by atoms with E-state index in [0.29, 0.717) is 9.86 Å². The average molecular weight is 339 g/mol. The molecule has 0 saturated carbocycles. The molecule has 0 unspecified atom stereocenters. The van der Waals surface area contributed by atoms with Crippen LogP contribution in [0.15, 0.2) is 41.3 Å². The van der Waals surface area contributed by atoms with Gasteiger partial charge in [-0.1, -0.05) is 12.1 Å². The minimum Gasteiger partial charge on any atom is -0.298 e. The molecule has 0 bridgehead atoms. The number of aldehydes is 1. The number of pyridine rings is 1. The molecule has 0 spiro atoms. The van der Waals surface area contributed by atoms with Gasteiger partial charge in [0.1, 0.15) is 0 Å². The highest BCUT2D eigenvalue weighted by atomic mass is 127. The standard InChI is InChI=1S/C13H10INO2/c1-9-3-2-4-10(7-9)15-6-5-12(14)11(8-16)13(15)17/h2-8H,1H3. The van der Waals surface area contributed by atoms with Crippen molar-refractivity contribution in [2.24, 2.45) is 0 Å². The molecule has 2 aromatic rings. The van der Waals surface area contributed by atoms with Gasteiger partial charge in [0.2, 0.25) is 0 Å². The first-order chi connectivity index (χ1) is 8.13. The van der Waals surface area contributed by atoms with Gasteiger partial charge in [0.25, 0.3) is 5.56 Å². The van der Waals surface area contributed by atoms with Crippen LogP contribution in [0.1, 0.15) is 15.9 Å². The Labute approximate surface area is 112 Å². The summed E-state index contributed by atoms with van der Waals surface area (Å²) >= 11 is 1.98. The fourth-order valence-electron chi connectivity index (χ4n) is 1.62. The number of carbonyl (C=O) groups excluding carboxylic acids is 1. The molecule has 1 aromatic carbocycles. The van der Waals surface area contributed by atoms with Crippen molar-refractivity contribution >= 4 is 28.9 Å². The summed E-state index contributed by atoms with van der Waals surface area (Å²) in [4.78, 5) is 22.9. The van der Waals surface area contributed by atoms with E-state index < -0.39 is 0 Å². The summed E-state index contributed by atoms with van der Waals surface area (Å²) < 4.78 is 2.16. The lowest BCUT2D eigenvalue weighted by atomic mass is 10.2. The first kappa shape index (κ1) is 12.0. The van der Waals surface area contributed by atoms with Crippen LogP contribution in [0, 0.1) is 10.5 Å². The summed E-state index contributed by atoms with van der Waals surface area (Å²) in [7, 11) is 0. The molecule has 0 aliphatic rings. The smallest absolute Gasteiger partial charge is 0.266 e. The van der Waals surface area contributed by atoms with Crippen LogP contribution in [0.5, 0.6) is 0 Å². The Hall–Kier alpha value is -1.43. The molecular weight excluding hydrogens is 329 g/mol. The van der Waals surface area contributed by atoms with Gasteiger partial charge in [-0.25, -0.2) is 0 Å². The summed E-state index contributed by atoms with van der Waals surface area (Å²) in [5.41, 5.74) is 1.77. The van der Waals surface area contributed by atoms with Crippen LogP contribution in [-0.2, 0) is 0 Å². The van der Waals surface area contributed by atoms with Gasteiger partial charge in [0.15, 0.2) is 6.29 Å². The lowest BCUT2D eigenvalue weighted by Crippen LogP contribution is -2.22. The molecule has 3 nitrogen and oxygen atoms in total. The summed E-state index contributed by atoms with van der Waals surface area (Å²) in [6.07, 6.45) is 2.29. The maximum atomic E-state index is 12.1. The van der Waals surface area contributed by atoms with Crippen molar-refractivity contribution in [1.82, 2.24) is 4.57 Å². The van der Waals surface area contributed by atoms with Crippen LogP contribution in [-0.4, -0.2) is 10.9 Å². The zero-order valence-electron chi connectivity index (χ0n) is 9.18. The van der Waals surface area contributed by atoms with Crippen LogP contribution in [0.4, 0.5) is 0 Å². The van der Waals surface area contributed by atoms with Crippen molar-refractivity contribution in [1.29, 1.82) is 0 Å². The Morgan fingerprint density at radius 1 is 1.29 bits per heavy atom. The van der Waals surface area contributed by atoms with Gasteiger partial charge in [0.05, 0.1) is 5.56 Å². The summed E-state index contributed by atoms with van der Waals surface area (Å²) in [6, 6.07) is 9.35. The second-order valence-electron chi connectivity index (χ2n) is 3.71. The van der Waals surface area contributed by atoms with E-state index >= 15 is 0 Å². The third-order valence-electron chi connectivity index (χ3n) is 2.47. The monoisotopic (exact) mass is 339 g/mol. The average Bonchev–Trinajstić information content (AvgIpc) is 2.29. The van der Waals surface area contributed by atoms with E-state index in [-0.39, 0.29) is 11.1 Å². The number of rotatable bonds is 2. The SMILES string of the molecule is Cc1cccc(-n2ccc(I)c(C=O)c2=O)c1. The van der Waals surface area contributed by atoms with Gasteiger partial charge in [-0.15, -0.1) is 0 Å². The zero-order valence-corrected chi connectivity index (χ0v) is 11.3. The maximum Gasteiger partial charge on any atom is 0.266 e. The second kappa shape index (κ2) is 4.83. The first-order valence-corrected chi connectivity index (χ1v) is 6.15. The molecule has 0 aliphatic heterocycles. The number of nitrogens with zero attached hydrogens (tertiary/aromatic N) is 1. The molecular formula is C13H10INO2. The van der Waals surface area contributed by atoms with Crippen LogP contribution in [0.25, 0.3) is 5.69 Å². The highest BCUT2D eigenvalue weighted by Gasteiger charge is 2.08. The normalized spacial score (nSPS) is 10.2. The van der Waals surface area contributed by atoms with Crippen LogP contribution in [0.3, 0.4) is 0 Å². The number of aromatic nitrogens is 1.